The van der Waals surface area contributed by atoms with Gasteiger partial charge in [0.2, 0.25) is 5.16 Å². The molecular weight excluding hydrogens is 274 g/mol. The first kappa shape index (κ1) is 14.4. The SMILES string of the molecule is Cn1nnnc1SCCOc1cccc(C#CCN)c1. The van der Waals surface area contributed by atoms with E-state index >= 15 is 0 Å². The van der Waals surface area contributed by atoms with E-state index in [9.17, 15) is 0 Å². The van der Waals surface area contributed by atoms with E-state index in [0.29, 0.717) is 13.2 Å². The standard InChI is InChI=1S/C13H15N5OS/c1-18-13(15-16-17-18)20-9-8-19-12-6-2-4-11(10-12)5-3-7-14/h2,4,6,10H,7-9,14H2,1H3. The molecule has 7 heteroatoms. The molecule has 1 heterocycles. The van der Waals surface area contributed by atoms with Gasteiger partial charge in [0.05, 0.1) is 13.2 Å². The van der Waals surface area contributed by atoms with Gasteiger partial charge in [0.25, 0.3) is 0 Å². The first-order chi connectivity index (χ1) is 9.79. The molecule has 2 aromatic rings. The predicted molar refractivity (Wildman–Crippen MR) is 77.4 cm³/mol. The maximum atomic E-state index is 5.67. The van der Waals surface area contributed by atoms with Crippen molar-refractivity contribution >= 4 is 11.8 Å². The largest absolute Gasteiger partial charge is 0.493 e. The molecule has 0 saturated carbocycles. The molecule has 0 aliphatic carbocycles. The molecule has 1 aromatic carbocycles. The number of hydrogen-bond donors (Lipinski definition) is 1. The summed E-state index contributed by atoms with van der Waals surface area (Å²) < 4.78 is 7.30. The average molecular weight is 289 g/mol. The van der Waals surface area contributed by atoms with E-state index < -0.39 is 0 Å². The number of hydrogen-bond acceptors (Lipinski definition) is 6. The van der Waals surface area contributed by atoms with Crippen LogP contribution in [0.2, 0.25) is 0 Å². The van der Waals surface area contributed by atoms with Gasteiger partial charge in [-0.05, 0) is 28.6 Å². The average Bonchev–Trinajstić information content (AvgIpc) is 2.87. The van der Waals surface area contributed by atoms with Crippen LogP contribution in [-0.4, -0.2) is 39.1 Å². The molecule has 0 spiro atoms. The Morgan fingerprint density at radius 2 is 2.35 bits per heavy atom. The summed E-state index contributed by atoms with van der Waals surface area (Å²) in [5.74, 6) is 7.36. The van der Waals surface area contributed by atoms with Crippen LogP contribution in [0.5, 0.6) is 5.75 Å². The molecule has 104 valence electrons. The van der Waals surface area contributed by atoms with Crippen LogP contribution >= 0.6 is 11.8 Å². The second-order valence-electron chi connectivity index (χ2n) is 3.82. The Hall–Kier alpha value is -2.04. The molecule has 0 amide bonds. The molecule has 6 nitrogen and oxygen atoms in total. The minimum Gasteiger partial charge on any atom is -0.493 e. The highest BCUT2D eigenvalue weighted by atomic mass is 32.2. The van der Waals surface area contributed by atoms with Crippen molar-refractivity contribution in [3.05, 3.63) is 29.8 Å². The van der Waals surface area contributed by atoms with Gasteiger partial charge in [0.1, 0.15) is 5.75 Å². The molecule has 0 aliphatic rings. The zero-order valence-electron chi connectivity index (χ0n) is 11.1. The number of nitrogens with zero attached hydrogens (tertiary/aromatic N) is 4. The molecule has 1 aromatic heterocycles. The highest BCUT2D eigenvalue weighted by Gasteiger charge is 2.02. The van der Waals surface area contributed by atoms with Gasteiger partial charge in [0.15, 0.2) is 0 Å². The molecule has 0 bridgehead atoms. The van der Waals surface area contributed by atoms with Crippen LogP contribution in [0.25, 0.3) is 0 Å². The highest BCUT2D eigenvalue weighted by molar-refractivity contribution is 7.99. The van der Waals surface area contributed by atoms with Crippen LogP contribution in [0.3, 0.4) is 0 Å². The number of thioether (sulfide) groups is 1. The molecule has 2 rings (SSSR count). The number of tetrazole rings is 1. The van der Waals surface area contributed by atoms with Gasteiger partial charge < -0.3 is 10.5 Å². The van der Waals surface area contributed by atoms with Gasteiger partial charge in [-0.2, -0.15) is 0 Å². The monoisotopic (exact) mass is 289 g/mol. The third-order valence-corrected chi connectivity index (χ3v) is 3.31. The van der Waals surface area contributed by atoms with Crippen molar-refractivity contribution in [2.75, 3.05) is 18.9 Å². The maximum Gasteiger partial charge on any atom is 0.209 e. The van der Waals surface area contributed by atoms with E-state index in [-0.39, 0.29) is 0 Å². The Balaban J connectivity index is 1.81. The second kappa shape index (κ2) is 7.53. The summed E-state index contributed by atoms with van der Waals surface area (Å²) in [6.45, 7) is 0.929. The summed E-state index contributed by atoms with van der Waals surface area (Å²) in [6.07, 6.45) is 0. The van der Waals surface area contributed by atoms with Gasteiger partial charge in [-0.15, -0.1) is 5.10 Å². The Morgan fingerprint density at radius 3 is 3.10 bits per heavy atom. The van der Waals surface area contributed by atoms with Crippen molar-refractivity contribution in [2.45, 2.75) is 5.16 Å². The lowest BCUT2D eigenvalue weighted by molar-refractivity contribution is 0.343. The van der Waals surface area contributed by atoms with E-state index in [4.69, 9.17) is 10.5 Å². The zero-order valence-corrected chi connectivity index (χ0v) is 11.9. The summed E-state index contributed by atoms with van der Waals surface area (Å²) in [5.41, 5.74) is 6.25. The van der Waals surface area contributed by atoms with Crippen molar-refractivity contribution in [1.29, 1.82) is 0 Å². The summed E-state index contributed by atoms with van der Waals surface area (Å²) >= 11 is 1.55. The molecule has 0 radical (unpaired) electrons. The number of aryl methyl sites for hydroxylation is 1. The Labute approximate surface area is 121 Å². The minimum absolute atomic E-state index is 0.355. The highest BCUT2D eigenvalue weighted by Crippen LogP contribution is 2.15. The summed E-state index contributed by atoms with van der Waals surface area (Å²) in [7, 11) is 1.81. The molecule has 2 N–H and O–H groups in total. The van der Waals surface area contributed by atoms with E-state index in [1.54, 1.807) is 16.4 Å². The van der Waals surface area contributed by atoms with Crippen molar-refractivity contribution in [1.82, 2.24) is 20.2 Å². The fourth-order valence-corrected chi connectivity index (χ4v) is 2.12. The zero-order chi connectivity index (χ0) is 14.2. The minimum atomic E-state index is 0.355. The fraction of sp³-hybridized carbons (Fsp3) is 0.308. The lowest BCUT2D eigenvalue weighted by atomic mass is 10.2. The second-order valence-corrected chi connectivity index (χ2v) is 4.88. The van der Waals surface area contributed by atoms with Gasteiger partial charge in [0, 0.05) is 18.4 Å². The topological polar surface area (TPSA) is 78.8 Å². The van der Waals surface area contributed by atoms with E-state index in [2.05, 4.69) is 27.4 Å². The fourth-order valence-electron chi connectivity index (χ4n) is 1.45. The van der Waals surface area contributed by atoms with Crippen LogP contribution < -0.4 is 10.5 Å². The molecular formula is C13H15N5OS. The van der Waals surface area contributed by atoms with Gasteiger partial charge in [-0.1, -0.05) is 29.7 Å². The Morgan fingerprint density at radius 1 is 1.45 bits per heavy atom. The smallest absolute Gasteiger partial charge is 0.209 e. The van der Waals surface area contributed by atoms with Crippen molar-refractivity contribution < 1.29 is 4.74 Å². The third-order valence-electron chi connectivity index (χ3n) is 2.33. The first-order valence-corrected chi connectivity index (χ1v) is 7.05. The Kier molecular flexibility index (Phi) is 5.41. The van der Waals surface area contributed by atoms with Crippen LogP contribution in [0.15, 0.2) is 29.4 Å². The van der Waals surface area contributed by atoms with Crippen LogP contribution in [0, 0.1) is 11.8 Å². The maximum absolute atomic E-state index is 5.67. The summed E-state index contributed by atoms with van der Waals surface area (Å²) in [6, 6.07) is 7.64. The molecule has 0 unspecified atom stereocenters. The Bertz CT molecular complexity index is 616. The van der Waals surface area contributed by atoms with E-state index in [0.717, 1.165) is 22.2 Å². The molecule has 0 saturated heterocycles. The molecule has 0 aliphatic heterocycles. The lowest BCUT2D eigenvalue weighted by Gasteiger charge is -2.05. The van der Waals surface area contributed by atoms with Gasteiger partial charge >= 0.3 is 0 Å². The van der Waals surface area contributed by atoms with Crippen LogP contribution in [0.4, 0.5) is 0 Å². The molecule has 20 heavy (non-hydrogen) atoms. The van der Waals surface area contributed by atoms with E-state index in [1.807, 2.05) is 31.3 Å². The van der Waals surface area contributed by atoms with Gasteiger partial charge in [-0.3, -0.25) is 0 Å². The van der Waals surface area contributed by atoms with Crippen molar-refractivity contribution in [3.63, 3.8) is 0 Å². The lowest BCUT2D eigenvalue weighted by Crippen LogP contribution is -2.02. The quantitative estimate of drug-likeness (QED) is 0.496. The molecule has 0 atom stereocenters. The van der Waals surface area contributed by atoms with E-state index in [1.165, 1.54) is 0 Å². The van der Waals surface area contributed by atoms with Gasteiger partial charge in [-0.25, -0.2) is 4.68 Å². The summed E-state index contributed by atoms with van der Waals surface area (Å²) in [4.78, 5) is 0. The normalized spacial score (nSPS) is 9.90. The van der Waals surface area contributed by atoms with Crippen molar-refractivity contribution in [3.8, 4) is 17.6 Å². The van der Waals surface area contributed by atoms with Crippen LogP contribution in [-0.2, 0) is 7.05 Å². The summed E-state index contributed by atoms with van der Waals surface area (Å²) in [5, 5.41) is 12.0. The molecule has 0 fully saturated rings. The predicted octanol–water partition coefficient (Wildman–Crippen LogP) is 0.691. The van der Waals surface area contributed by atoms with Crippen LogP contribution in [0.1, 0.15) is 5.56 Å². The first-order valence-electron chi connectivity index (χ1n) is 6.06. The third kappa shape index (κ3) is 4.26. The number of benzene rings is 1. The number of rotatable bonds is 5. The number of nitrogens with two attached hydrogens (primary N) is 1. The van der Waals surface area contributed by atoms with Crippen molar-refractivity contribution in [2.24, 2.45) is 12.8 Å². The number of ether oxygens (including phenoxy) is 1. The number of aromatic nitrogens is 4.